The summed E-state index contributed by atoms with van der Waals surface area (Å²) in [6.07, 6.45) is 4.20. The monoisotopic (exact) mass is 397 g/mol. The van der Waals surface area contributed by atoms with Crippen molar-refractivity contribution in [3.8, 4) is 11.5 Å². The van der Waals surface area contributed by atoms with Crippen LogP contribution >= 0.6 is 0 Å². The van der Waals surface area contributed by atoms with Crippen LogP contribution in [0.4, 0.5) is 0 Å². The molecule has 0 saturated carbocycles. The van der Waals surface area contributed by atoms with Gasteiger partial charge in [0.2, 0.25) is 0 Å². The van der Waals surface area contributed by atoms with Crippen molar-refractivity contribution in [2.45, 2.75) is 38.2 Å². The van der Waals surface area contributed by atoms with Crippen molar-refractivity contribution in [3.05, 3.63) is 59.7 Å². The minimum Gasteiger partial charge on any atom is -0.493 e. The zero-order chi connectivity index (χ0) is 20.5. The van der Waals surface area contributed by atoms with E-state index in [0.29, 0.717) is 30.9 Å². The molecule has 0 aliphatic carbocycles. The number of ether oxygens (including phenoxy) is 2. The van der Waals surface area contributed by atoms with E-state index in [1.807, 2.05) is 48.5 Å². The first-order valence-corrected chi connectivity index (χ1v) is 10.4. The van der Waals surface area contributed by atoms with Crippen LogP contribution in [0.25, 0.3) is 0 Å². The molecule has 1 heterocycles. The molecule has 5 nitrogen and oxygen atoms in total. The summed E-state index contributed by atoms with van der Waals surface area (Å²) in [5.74, 6) is 1.36. The maximum Gasteiger partial charge on any atom is 0.163 e. The van der Waals surface area contributed by atoms with Crippen molar-refractivity contribution in [2.75, 3.05) is 33.4 Å². The Morgan fingerprint density at radius 2 is 1.83 bits per heavy atom. The number of aryl methyl sites for hydroxylation is 1. The van der Waals surface area contributed by atoms with Crippen molar-refractivity contribution in [1.82, 2.24) is 4.90 Å². The van der Waals surface area contributed by atoms with E-state index in [4.69, 9.17) is 9.47 Å². The Morgan fingerprint density at radius 1 is 1.07 bits per heavy atom. The highest BCUT2D eigenvalue weighted by Crippen LogP contribution is 2.29. The lowest BCUT2D eigenvalue weighted by molar-refractivity contribution is 0.0608. The van der Waals surface area contributed by atoms with E-state index in [-0.39, 0.29) is 12.4 Å². The number of benzene rings is 2. The zero-order valence-electron chi connectivity index (χ0n) is 17.2. The van der Waals surface area contributed by atoms with Crippen LogP contribution in [0, 0.1) is 0 Å². The Bertz CT molecular complexity index is 772. The molecule has 2 aromatic carbocycles. The number of aliphatic hydroxyl groups is 1. The molecular weight excluding hydrogens is 366 g/mol. The van der Waals surface area contributed by atoms with Gasteiger partial charge in [0.1, 0.15) is 12.7 Å². The average molecular weight is 398 g/mol. The van der Waals surface area contributed by atoms with Crippen molar-refractivity contribution in [1.29, 1.82) is 0 Å². The number of Topliss-reactive ketones (excluding diaryl/α,β-unsaturated/α-hetero) is 1. The van der Waals surface area contributed by atoms with Crippen molar-refractivity contribution >= 4 is 5.78 Å². The molecule has 3 rings (SSSR count). The first-order chi connectivity index (χ1) is 14.2. The maximum atomic E-state index is 12.3. The van der Waals surface area contributed by atoms with Crippen LogP contribution in [0.3, 0.4) is 0 Å². The summed E-state index contributed by atoms with van der Waals surface area (Å²) < 4.78 is 11.3. The summed E-state index contributed by atoms with van der Waals surface area (Å²) in [6.45, 7) is 2.95. The lowest BCUT2D eigenvalue weighted by atomic mass is 10.0. The number of hydrogen-bond acceptors (Lipinski definition) is 5. The van der Waals surface area contributed by atoms with Gasteiger partial charge in [0.15, 0.2) is 17.3 Å². The number of β-amino-alcohol motifs (C(OH)–C–C–N with tert-alkyl or cyclic N) is 1. The number of carbonyl (C=O) groups is 1. The van der Waals surface area contributed by atoms with E-state index < -0.39 is 6.10 Å². The molecule has 1 saturated heterocycles. The van der Waals surface area contributed by atoms with Gasteiger partial charge in [-0.2, -0.15) is 0 Å². The second kappa shape index (κ2) is 11.0. The largest absolute Gasteiger partial charge is 0.493 e. The molecule has 0 radical (unpaired) electrons. The van der Waals surface area contributed by atoms with Gasteiger partial charge in [-0.05, 0) is 50.0 Å². The minimum atomic E-state index is -0.541. The second-order valence-electron chi connectivity index (χ2n) is 7.60. The third kappa shape index (κ3) is 6.58. The number of piperidine rings is 1. The molecule has 1 N–H and O–H groups in total. The molecule has 2 aromatic rings. The molecule has 1 atom stereocenters. The molecule has 0 bridgehead atoms. The quantitative estimate of drug-likeness (QED) is 0.619. The van der Waals surface area contributed by atoms with Gasteiger partial charge in [-0.1, -0.05) is 42.8 Å². The standard InChI is InChI=1S/C24H31NO4/c1-28-23-13-11-19(10-12-22(27)20-8-4-2-5-9-20)16-24(23)29-18-21(26)17-25-14-6-3-7-15-25/h2,4-5,8-9,11,13,16,21,26H,3,6-7,10,12,14-15,17-18H2,1H3. The summed E-state index contributed by atoms with van der Waals surface area (Å²) in [6, 6.07) is 15.1. The number of aliphatic hydroxyl groups excluding tert-OH is 1. The Morgan fingerprint density at radius 3 is 2.55 bits per heavy atom. The highest BCUT2D eigenvalue weighted by atomic mass is 16.5. The smallest absolute Gasteiger partial charge is 0.163 e. The number of nitrogens with zero attached hydrogens (tertiary/aromatic N) is 1. The SMILES string of the molecule is COc1ccc(CCC(=O)c2ccccc2)cc1OCC(O)CN1CCCCC1. The lowest BCUT2D eigenvalue weighted by Crippen LogP contribution is -2.38. The van der Waals surface area contributed by atoms with Gasteiger partial charge in [0.25, 0.3) is 0 Å². The predicted molar refractivity (Wildman–Crippen MR) is 114 cm³/mol. The number of carbonyl (C=O) groups excluding carboxylic acids is 1. The Kier molecular flexibility index (Phi) is 8.08. The second-order valence-corrected chi connectivity index (χ2v) is 7.60. The van der Waals surface area contributed by atoms with Crippen LogP contribution in [0.2, 0.25) is 0 Å². The van der Waals surface area contributed by atoms with Crippen molar-refractivity contribution in [2.24, 2.45) is 0 Å². The van der Waals surface area contributed by atoms with Crippen LogP contribution in [-0.2, 0) is 6.42 Å². The van der Waals surface area contributed by atoms with Crippen LogP contribution in [0.1, 0.15) is 41.6 Å². The van der Waals surface area contributed by atoms with Crippen molar-refractivity contribution < 1.29 is 19.4 Å². The summed E-state index contributed by atoms with van der Waals surface area (Å²) in [5.41, 5.74) is 1.74. The summed E-state index contributed by atoms with van der Waals surface area (Å²) in [5, 5.41) is 10.3. The predicted octanol–water partition coefficient (Wildman–Crippen LogP) is 3.74. The first-order valence-electron chi connectivity index (χ1n) is 10.4. The molecule has 1 unspecified atom stereocenters. The average Bonchev–Trinajstić information content (AvgIpc) is 2.77. The van der Waals surface area contributed by atoms with Crippen LogP contribution in [0.5, 0.6) is 11.5 Å². The molecular formula is C24H31NO4. The fraction of sp³-hybridized carbons (Fsp3) is 0.458. The topological polar surface area (TPSA) is 59.0 Å². The van der Waals surface area contributed by atoms with Gasteiger partial charge in [-0.15, -0.1) is 0 Å². The third-order valence-corrected chi connectivity index (χ3v) is 5.31. The van der Waals surface area contributed by atoms with E-state index in [1.165, 1.54) is 19.3 Å². The number of likely N-dealkylation sites (tertiary alicyclic amines) is 1. The van der Waals surface area contributed by atoms with Crippen LogP contribution in [-0.4, -0.2) is 55.2 Å². The Labute approximate surface area is 173 Å². The molecule has 0 aromatic heterocycles. The van der Waals surface area contributed by atoms with Gasteiger partial charge in [-0.3, -0.25) is 4.79 Å². The number of rotatable bonds is 10. The Hall–Kier alpha value is -2.37. The third-order valence-electron chi connectivity index (χ3n) is 5.31. The molecule has 156 valence electrons. The normalized spacial score (nSPS) is 15.7. The molecule has 0 amide bonds. The Balaban J connectivity index is 1.54. The fourth-order valence-electron chi connectivity index (χ4n) is 3.69. The highest BCUT2D eigenvalue weighted by Gasteiger charge is 2.16. The molecule has 1 fully saturated rings. The van der Waals surface area contributed by atoms with Gasteiger partial charge in [0.05, 0.1) is 7.11 Å². The van der Waals surface area contributed by atoms with Gasteiger partial charge >= 0.3 is 0 Å². The minimum absolute atomic E-state index is 0.126. The molecule has 0 spiro atoms. The summed E-state index contributed by atoms with van der Waals surface area (Å²) in [7, 11) is 1.60. The van der Waals surface area contributed by atoms with Gasteiger partial charge in [-0.25, -0.2) is 0 Å². The summed E-state index contributed by atoms with van der Waals surface area (Å²) >= 11 is 0. The van der Waals surface area contributed by atoms with Gasteiger partial charge < -0.3 is 19.5 Å². The fourth-order valence-corrected chi connectivity index (χ4v) is 3.69. The maximum absolute atomic E-state index is 12.3. The van der Waals surface area contributed by atoms with E-state index in [1.54, 1.807) is 7.11 Å². The summed E-state index contributed by atoms with van der Waals surface area (Å²) in [4.78, 5) is 14.6. The van der Waals surface area contributed by atoms with Crippen LogP contribution in [0.15, 0.2) is 48.5 Å². The number of hydrogen-bond donors (Lipinski definition) is 1. The highest BCUT2D eigenvalue weighted by molar-refractivity contribution is 5.96. The van der Waals surface area contributed by atoms with E-state index in [0.717, 1.165) is 24.2 Å². The molecule has 5 heteroatoms. The number of ketones is 1. The van der Waals surface area contributed by atoms with Crippen LogP contribution < -0.4 is 9.47 Å². The van der Waals surface area contributed by atoms with E-state index in [9.17, 15) is 9.90 Å². The van der Waals surface area contributed by atoms with Crippen molar-refractivity contribution in [3.63, 3.8) is 0 Å². The molecule has 1 aliphatic heterocycles. The van der Waals surface area contributed by atoms with E-state index in [2.05, 4.69) is 4.90 Å². The first kappa shape index (κ1) is 21.3. The van der Waals surface area contributed by atoms with E-state index >= 15 is 0 Å². The van der Waals surface area contributed by atoms with Gasteiger partial charge in [0, 0.05) is 18.5 Å². The number of methoxy groups -OCH3 is 1. The zero-order valence-corrected chi connectivity index (χ0v) is 17.2. The lowest BCUT2D eigenvalue weighted by Gasteiger charge is -2.28. The molecule has 1 aliphatic rings. The molecule has 29 heavy (non-hydrogen) atoms.